The van der Waals surface area contributed by atoms with Crippen LogP contribution in [0.15, 0.2) is 6.07 Å². The third-order valence-electron chi connectivity index (χ3n) is 5.07. The minimum Gasteiger partial charge on any atom is -0.314 e. The summed E-state index contributed by atoms with van der Waals surface area (Å²) in [6.45, 7) is 6.56. The molecule has 112 valence electrons. The van der Waals surface area contributed by atoms with Crippen LogP contribution in [0.25, 0.3) is 0 Å². The van der Waals surface area contributed by atoms with Gasteiger partial charge in [-0.15, -0.1) is 0 Å². The largest absolute Gasteiger partial charge is 0.314 e. The van der Waals surface area contributed by atoms with Gasteiger partial charge in [0.15, 0.2) is 0 Å². The van der Waals surface area contributed by atoms with Gasteiger partial charge in [-0.25, -0.2) is 0 Å². The normalized spacial score (nSPS) is 26.9. The fraction of sp³-hybridized carbons (Fsp3) is 0.824. The van der Waals surface area contributed by atoms with E-state index in [9.17, 15) is 0 Å². The van der Waals surface area contributed by atoms with Crippen molar-refractivity contribution in [3.8, 4) is 0 Å². The second-order valence-corrected chi connectivity index (χ2v) is 6.78. The molecule has 2 unspecified atom stereocenters. The first-order valence-corrected chi connectivity index (χ1v) is 8.53. The molecule has 1 heterocycles. The highest BCUT2D eigenvalue weighted by Gasteiger charge is 2.28. The van der Waals surface area contributed by atoms with Gasteiger partial charge in [0.05, 0.1) is 5.69 Å². The third kappa shape index (κ3) is 3.43. The van der Waals surface area contributed by atoms with Gasteiger partial charge in [-0.05, 0) is 70.4 Å². The van der Waals surface area contributed by atoms with Crippen molar-refractivity contribution in [1.29, 1.82) is 0 Å². The van der Waals surface area contributed by atoms with Crippen molar-refractivity contribution in [2.75, 3.05) is 6.54 Å². The zero-order valence-corrected chi connectivity index (χ0v) is 13.1. The summed E-state index contributed by atoms with van der Waals surface area (Å²) < 4.78 is 2.20. The molecule has 2 fully saturated rings. The zero-order chi connectivity index (χ0) is 13.9. The first-order chi connectivity index (χ1) is 9.76. The van der Waals surface area contributed by atoms with Gasteiger partial charge in [-0.2, -0.15) is 5.10 Å². The summed E-state index contributed by atoms with van der Waals surface area (Å²) in [4.78, 5) is 0. The van der Waals surface area contributed by atoms with Crippen molar-refractivity contribution in [2.24, 2.45) is 11.8 Å². The molecule has 3 heteroatoms. The summed E-state index contributed by atoms with van der Waals surface area (Å²) in [7, 11) is 0. The van der Waals surface area contributed by atoms with Gasteiger partial charge >= 0.3 is 0 Å². The lowest BCUT2D eigenvalue weighted by molar-refractivity contribution is 0.224. The van der Waals surface area contributed by atoms with Gasteiger partial charge in [-0.3, -0.25) is 4.68 Å². The molecule has 0 saturated heterocycles. The summed E-state index contributed by atoms with van der Waals surface area (Å²) in [5.41, 5.74) is 2.62. The summed E-state index contributed by atoms with van der Waals surface area (Å²) in [5, 5.41) is 8.36. The van der Waals surface area contributed by atoms with Crippen LogP contribution in [-0.4, -0.2) is 22.4 Å². The number of aryl methyl sites for hydroxylation is 2. The predicted molar refractivity (Wildman–Crippen MR) is 82.8 cm³/mol. The zero-order valence-electron chi connectivity index (χ0n) is 13.1. The fourth-order valence-electron chi connectivity index (χ4n) is 3.73. The second kappa shape index (κ2) is 6.30. The fourth-order valence-corrected chi connectivity index (χ4v) is 3.73. The highest BCUT2D eigenvalue weighted by Crippen LogP contribution is 2.33. The number of aromatic nitrogens is 2. The lowest BCUT2D eigenvalue weighted by Crippen LogP contribution is -2.33. The Bertz CT molecular complexity index is 433. The Morgan fingerprint density at radius 1 is 1.20 bits per heavy atom. The van der Waals surface area contributed by atoms with E-state index in [2.05, 4.69) is 35.0 Å². The molecule has 3 rings (SSSR count). The van der Waals surface area contributed by atoms with E-state index in [-0.39, 0.29) is 0 Å². The van der Waals surface area contributed by atoms with E-state index in [0.717, 1.165) is 24.4 Å². The number of nitrogens with one attached hydrogen (secondary N) is 1. The molecule has 0 aromatic carbocycles. The van der Waals surface area contributed by atoms with Crippen LogP contribution in [0.5, 0.6) is 0 Å². The van der Waals surface area contributed by atoms with Gasteiger partial charge < -0.3 is 5.32 Å². The van der Waals surface area contributed by atoms with Crippen LogP contribution in [0, 0.1) is 18.8 Å². The molecular formula is C17H29N3. The minimum atomic E-state index is 0.848. The van der Waals surface area contributed by atoms with E-state index >= 15 is 0 Å². The highest BCUT2D eigenvalue weighted by atomic mass is 15.3. The van der Waals surface area contributed by atoms with Crippen LogP contribution < -0.4 is 5.32 Å². The monoisotopic (exact) mass is 275 g/mol. The Labute approximate surface area is 123 Å². The standard InChI is InChI=1S/C17H29N3/c1-3-20-17(10-13(2)19-20)11-14-6-4-5-7-15(14)12-18-16-8-9-16/h10,14-16,18H,3-9,11-12H2,1-2H3. The van der Waals surface area contributed by atoms with E-state index in [1.54, 1.807) is 0 Å². The molecule has 3 nitrogen and oxygen atoms in total. The van der Waals surface area contributed by atoms with E-state index in [1.165, 1.54) is 62.9 Å². The Kier molecular flexibility index (Phi) is 4.45. The van der Waals surface area contributed by atoms with Crippen LogP contribution in [0.4, 0.5) is 0 Å². The highest BCUT2D eigenvalue weighted by molar-refractivity contribution is 5.10. The second-order valence-electron chi connectivity index (χ2n) is 6.78. The van der Waals surface area contributed by atoms with Crippen LogP contribution in [0.3, 0.4) is 0 Å². The van der Waals surface area contributed by atoms with Gasteiger partial charge in [0.1, 0.15) is 0 Å². The number of rotatable bonds is 6. The van der Waals surface area contributed by atoms with Gasteiger partial charge in [0, 0.05) is 18.3 Å². The van der Waals surface area contributed by atoms with Crippen LogP contribution in [0.1, 0.15) is 56.8 Å². The van der Waals surface area contributed by atoms with Crippen molar-refractivity contribution >= 4 is 0 Å². The Morgan fingerprint density at radius 3 is 2.65 bits per heavy atom. The molecule has 2 aliphatic rings. The quantitative estimate of drug-likeness (QED) is 0.863. The molecule has 20 heavy (non-hydrogen) atoms. The topological polar surface area (TPSA) is 29.9 Å². The molecular weight excluding hydrogens is 246 g/mol. The smallest absolute Gasteiger partial charge is 0.0596 e. The molecule has 1 aromatic rings. The van der Waals surface area contributed by atoms with Gasteiger partial charge in [0.2, 0.25) is 0 Å². The van der Waals surface area contributed by atoms with Crippen LogP contribution in [0.2, 0.25) is 0 Å². The minimum absolute atomic E-state index is 0.848. The SMILES string of the molecule is CCn1nc(C)cc1CC1CCCCC1CNC1CC1. The summed E-state index contributed by atoms with van der Waals surface area (Å²) in [6, 6.07) is 3.14. The molecule has 0 bridgehead atoms. The van der Waals surface area contributed by atoms with Crippen molar-refractivity contribution in [3.05, 3.63) is 17.5 Å². The number of nitrogens with zero attached hydrogens (tertiary/aromatic N) is 2. The maximum absolute atomic E-state index is 4.60. The Morgan fingerprint density at radius 2 is 1.95 bits per heavy atom. The number of hydrogen-bond donors (Lipinski definition) is 1. The molecule has 0 amide bonds. The predicted octanol–water partition coefficient (Wildman–Crippen LogP) is 3.31. The van der Waals surface area contributed by atoms with Crippen LogP contribution in [-0.2, 0) is 13.0 Å². The molecule has 1 aromatic heterocycles. The maximum Gasteiger partial charge on any atom is 0.0596 e. The molecule has 1 N–H and O–H groups in total. The molecule has 0 aliphatic heterocycles. The first-order valence-electron chi connectivity index (χ1n) is 8.53. The molecule has 0 spiro atoms. The molecule has 2 saturated carbocycles. The lowest BCUT2D eigenvalue weighted by atomic mass is 9.77. The van der Waals surface area contributed by atoms with Crippen molar-refractivity contribution in [3.63, 3.8) is 0 Å². The number of hydrogen-bond acceptors (Lipinski definition) is 2. The molecule has 2 aliphatic carbocycles. The lowest BCUT2D eigenvalue weighted by Gasteiger charge is -2.32. The van der Waals surface area contributed by atoms with Gasteiger partial charge in [-0.1, -0.05) is 12.8 Å². The van der Waals surface area contributed by atoms with E-state index in [0.29, 0.717) is 0 Å². The van der Waals surface area contributed by atoms with Crippen molar-refractivity contribution in [1.82, 2.24) is 15.1 Å². The van der Waals surface area contributed by atoms with Gasteiger partial charge in [0.25, 0.3) is 0 Å². The molecule has 0 radical (unpaired) electrons. The Hall–Kier alpha value is -0.830. The van der Waals surface area contributed by atoms with Crippen LogP contribution >= 0.6 is 0 Å². The van der Waals surface area contributed by atoms with E-state index in [1.807, 2.05) is 0 Å². The summed E-state index contributed by atoms with van der Waals surface area (Å²) in [6.07, 6.45) is 9.71. The average molecular weight is 275 g/mol. The Balaban J connectivity index is 1.62. The summed E-state index contributed by atoms with van der Waals surface area (Å²) >= 11 is 0. The molecule has 2 atom stereocenters. The van der Waals surface area contributed by atoms with E-state index in [4.69, 9.17) is 0 Å². The van der Waals surface area contributed by atoms with E-state index < -0.39 is 0 Å². The van der Waals surface area contributed by atoms with Crippen molar-refractivity contribution < 1.29 is 0 Å². The average Bonchev–Trinajstić information content (AvgIpc) is 3.21. The van der Waals surface area contributed by atoms with Crippen molar-refractivity contribution in [2.45, 2.75) is 71.4 Å². The summed E-state index contributed by atoms with van der Waals surface area (Å²) in [5.74, 6) is 1.74. The maximum atomic E-state index is 4.60. The first kappa shape index (κ1) is 14.1. The third-order valence-corrected chi connectivity index (χ3v) is 5.07.